The topological polar surface area (TPSA) is 130 Å². The second-order valence-electron chi connectivity index (χ2n) is 9.52. The van der Waals surface area contributed by atoms with Gasteiger partial charge < -0.3 is 18.9 Å². The minimum atomic E-state index is -1.81. The number of nitriles is 1. The predicted octanol–water partition coefficient (Wildman–Crippen LogP) is 1.96. The first-order valence-corrected chi connectivity index (χ1v) is 12.3. The highest BCUT2D eigenvalue weighted by molar-refractivity contribution is 7.44. The summed E-state index contributed by atoms with van der Waals surface area (Å²) in [5.41, 5.74) is -4.17. The lowest BCUT2D eigenvalue weighted by Crippen LogP contribution is -2.50. The molecule has 0 amide bonds. The second kappa shape index (κ2) is 8.84. The molecule has 1 aliphatic heterocycles. The van der Waals surface area contributed by atoms with Crippen molar-refractivity contribution in [1.82, 2.24) is 14.2 Å². The number of aromatic amines is 1. The van der Waals surface area contributed by atoms with E-state index in [0.717, 1.165) is 10.6 Å². The van der Waals surface area contributed by atoms with Crippen LogP contribution in [-0.2, 0) is 13.8 Å². The normalized spacial score (nSPS) is 35.6. The van der Waals surface area contributed by atoms with Crippen molar-refractivity contribution < 1.29 is 23.3 Å². The summed E-state index contributed by atoms with van der Waals surface area (Å²) in [6, 6.07) is 3.16. The molecule has 182 valence electrons. The van der Waals surface area contributed by atoms with Crippen molar-refractivity contribution in [3.8, 4) is 6.07 Å². The molecule has 33 heavy (non-hydrogen) atoms. The van der Waals surface area contributed by atoms with Crippen LogP contribution < -0.4 is 11.2 Å². The molecule has 2 aliphatic carbocycles. The maximum atomic E-state index is 16.2. The van der Waals surface area contributed by atoms with Crippen LogP contribution in [0.4, 0.5) is 4.39 Å². The third kappa shape index (κ3) is 4.07. The molecule has 2 heterocycles. The zero-order valence-electron chi connectivity index (χ0n) is 19.1. The van der Waals surface area contributed by atoms with E-state index >= 15 is 4.39 Å². The summed E-state index contributed by atoms with van der Waals surface area (Å²) in [6.45, 7) is 8.01. The Balaban J connectivity index is 1.70. The highest BCUT2D eigenvalue weighted by Gasteiger charge is 2.80. The van der Waals surface area contributed by atoms with Crippen LogP contribution in [0.25, 0.3) is 0 Å². The number of halogens is 1. The number of rotatable bonds is 9. The summed E-state index contributed by atoms with van der Waals surface area (Å²) in [6.07, 6.45) is -2.15. The van der Waals surface area contributed by atoms with Gasteiger partial charge in [0.05, 0.1) is 24.7 Å². The van der Waals surface area contributed by atoms with Gasteiger partial charge in [0.25, 0.3) is 14.1 Å². The van der Waals surface area contributed by atoms with Crippen molar-refractivity contribution in [2.45, 2.75) is 88.7 Å². The van der Waals surface area contributed by atoms with Gasteiger partial charge in [-0.3, -0.25) is 14.3 Å². The van der Waals surface area contributed by atoms with Crippen molar-refractivity contribution in [1.29, 1.82) is 5.26 Å². The number of hydrogen-bond donors (Lipinski definition) is 2. The van der Waals surface area contributed by atoms with Crippen molar-refractivity contribution in [2.75, 3.05) is 6.61 Å². The SMILES string of the molecule is CC(C)N(C(C)C)P(OCCC#N)O[C@]12C[C@@H]3C[C@]3(O)[C@H]1O[C@@H](n1ccc(=O)[nH]c1=O)[C@@H]2F. The van der Waals surface area contributed by atoms with Crippen LogP contribution in [0, 0.1) is 17.2 Å². The van der Waals surface area contributed by atoms with Crippen molar-refractivity contribution in [3.63, 3.8) is 0 Å². The maximum Gasteiger partial charge on any atom is 0.330 e. The fraction of sp³-hybridized carbons (Fsp3) is 0.762. The van der Waals surface area contributed by atoms with E-state index in [4.69, 9.17) is 19.0 Å². The Hall–Kier alpha value is -1.67. The minimum Gasteiger partial charge on any atom is -0.387 e. The zero-order chi connectivity index (χ0) is 24.1. The lowest BCUT2D eigenvalue weighted by atomic mass is 9.91. The van der Waals surface area contributed by atoms with Crippen LogP contribution in [0.1, 0.15) is 53.2 Å². The van der Waals surface area contributed by atoms with Gasteiger partial charge in [-0.15, -0.1) is 0 Å². The first-order chi connectivity index (χ1) is 15.5. The highest BCUT2D eigenvalue weighted by Crippen LogP contribution is 2.70. The van der Waals surface area contributed by atoms with Crippen LogP contribution in [-0.4, -0.2) is 61.5 Å². The van der Waals surface area contributed by atoms with Gasteiger partial charge in [0.2, 0.25) is 0 Å². The molecule has 1 unspecified atom stereocenters. The van der Waals surface area contributed by atoms with Gasteiger partial charge in [-0.05, 0) is 46.5 Å². The van der Waals surface area contributed by atoms with E-state index in [1.807, 2.05) is 38.4 Å². The van der Waals surface area contributed by atoms with Gasteiger partial charge in [-0.25, -0.2) is 13.9 Å². The van der Waals surface area contributed by atoms with E-state index in [2.05, 4.69) is 4.98 Å². The zero-order valence-corrected chi connectivity index (χ0v) is 20.0. The second-order valence-corrected chi connectivity index (χ2v) is 10.9. The Labute approximate surface area is 192 Å². The van der Waals surface area contributed by atoms with Gasteiger partial charge in [0.15, 0.2) is 12.4 Å². The summed E-state index contributed by atoms with van der Waals surface area (Å²) in [5, 5.41) is 20.0. The van der Waals surface area contributed by atoms with Gasteiger partial charge in [0.1, 0.15) is 11.7 Å². The Morgan fingerprint density at radius 3 is 2.70 bits per heavy atom. The molecule has 10 nitrogen and oxygen atoms in total. The number of alkyl halides is 1. The van der Waals surface area contributed by atoms with E-state index in [1.165, 1.54) is 6.20 Å². The number of ether oxygens (including phenoxy) is 1. The number of nitrogens with one attached hydrogen (secondary N) is 1. The van der Waals surface area contributed by atoms with E-state index in [9.17, 15) is 14.7 Å². The van der Waals surface area contributed by atoms with Crippen molar-refractivity contribution in [3.05, 3.63) is 33.1 Å². The fourth-order valence-electron chi connectivity index (χ4n) is 5.16. The number of aliphatic hydroxyl groups is 1. The summed E-state index contributed by atoms with van der Waals surface area (Å²) >= 11 is 0. The first-order valence-electron chi connectivity index (χ1n) is 11.2. The van der Waals surface area contributed by atoms with E-state index in [1.54, 1.807) is 0 Å². The average Bonchev–Trinajstić information content (AvgIpc) is 3.18. The molecule has 1 aromatic heterocycles. The van der Waals surface area contributed by atoms with Crippen molar-refractivity contribution >= 4 is 8.53 Å². The number of hydrogen-bond acceptors (Lipinski definition) is 8. The molecule has 0 spiro atoms. The molecule has 0 radical (unpaired) electrons. The molecule has 4 rings (SSSR count). The van der Waals surface area contributed by atoms with Gasteiger partial charge in [0, 0.05) is 24.3 Å². The summed E-state index contributed by atoms with van der Waals surface area (Å²) < 4.78 is 37.6. The maximum absolute atomic E-state index is 16.2. The molecule has 1 saturated heterocycles. The quantitative estimate of drug-likeness (QED) is 0.402. The smallest absolute Gasteiger partial charge is 0.330 e. The van der Waals surface area contributed by atoms with E-state index < -0.39 is 49.5 Å². The number of nitrogens with zero attached hydrogens (tertiary/aromatic N) is 3. The molecule has 2 saturated carbocycles. The third-order valence-electron chi connectivity index (χ3n) is 6.61. The number of aromatic nitrogens is 2. The fourth-order valence-corrected chi connectivity index (χ4v) is 7.00. The molecular weight excluding hydrogens is 454 g/mol. The Morgan fingerprint density at radius 1 is 1.39 bits per heavy atom. The predicted molar refractivity (Wildman–Crippen MR) is 117 cm³/mol. The largest absolute Gasteiger partial charge is 0.387 e. The van der Waals surface area contributed by atoms with E-state index in [0.29, 0.717) is 6.42 Å². The van der Waals surface area contributed by atoms with Gasteiger partial charge in [-0.1, -0.05) is 0 Å². The third-order valence-corrected chi connectivity index (χ3v) is 8.81. The Bertz CT molecular complexity index is 1030. The van der Waals surface area contributed by atoms with Crippen LogP contribution in [0.3, 0.4) is 0 Å². The Kier molecular flexibility index (Phi) is 6.55. The molecule has 0 bridgehead atoms. The van der Waals surface area contributed by atoms with Crippen molar-refractivity contribution in [2.24, 2.45) is 5.92 Å². The van der Waals surface area contributed by atoms with E-state index in [-0.39, 0.29) is 37.5 Å². The summed E-state index contributed by atoms with van der Waals surface area (Å²) in [7, 11) is -1.81. The Morgan fingerprint density at radius 2 is 2.09 bits per heavy atom. The molecule has 7 atom stereocenters. The minimum absolute atomic E-state index is 0.00469. The molecule has 3 fully saturated rings. The molecule has 1 aromatic rings. The molecule has 12 heteroatoms. The molecule has 0 aromatic carbocycles. The average molecular weight is 484 g/mol. The van der Waals surface area contributed by atoms with Crippen LogP contribution >= 0.6 is 8.53 Å². The number of H-pyrrole nitrogens is 1. The van der Waals surface area contributed by atoms with Crippen LogP contribution in [0.5, 0.6) is 0 Å². The van der Waals surface area contributed by atoms with Gasteiger partial charge in [-0.2, -0.15) is 5.26 Å². The van der Waals surface area contributed by atoms with Gasteiger partial charge >= 0.3 is 5.69 Å². The van der Waals surface area contributed by atoms with Crippen LogP contribution in [0.2, 0.25) is 0 Å². The lowest BCUT2D eigenvalue weighted by molar-refractivity contribution is -0.103. The standard InChI is InChI=1S/C21H30FN4O6P/c1-12(2)26(13(3)4)33(30-9-5-7-23)32-21-11-14-10-20(14,29)18(21)31-17(16(21)22)25-8-6-15(27)24-19(25)28/h6,8,12-14,16-18,29H,5,9-11H2,1-4H3,(H,24,27,28)/t14-,16-,17+,18+,20+,21-,33?/m0/s1. The highest BCUT2D eigenvalue weighted by atomic mass is 31.2. The van der Waals surface area contributed by atoms with Crippen LogP contribution in [0.15, 0.2) is 21.9 Å². The number of fused-ring (bicyclic) bond motifs is 3. The summed E-state index contributed by atoms with van der Waals surface area (Å²) in [4.78, 5) is 25.9. The molecule has 3 aliphatic rings. The summed E-state index contributed by atoms with van der Waals surface area (Å²) in [5.74, 6) is -0.170. The molecular formula is C21H30FN4O6P. The molecule has 2 N–H and O–H groups in total. The monoisotopic (exact) mass is 484 g/mol. The lowest BCUT2D eigenvalue weighted by Gasteiger charge is -2.42. The first kappa shape index (κ1) is 24.5.